The average Bonchev–Trinajstić information content (AvgIpc) is 2.92. The molecule has 134 valence electrons. The van der Waals surface area contributed by atoms with Crippen molar-refractivity contribution >= 4 is 0 Å². The lowest BCUT2D eigenvalue weighted by molar-refractivity contribution is 0.162. The van der Waals surface area contributed by atoms with Crippen molar-refractivity contribution in [3.05, 3.63) is 65.7 Å². The molecule has 2 atom stereocenters. The van der Waals surface area contributed by atoms with Gasteiger partial charge in [-0.25, -0.2) is 4.39 Å². The maximum absolute atomic E-state index is 13.2. The molecule has 2 aromatic rings. The summed E-state index contributed by atoms with van der Waals surface area (Å²) in [4.78, 5) is 7.09. The van der Waals surface area contributed by atoms with E-state index < -0.39 is 0 Å². The predicted octanol–water partition coefficient (Wildman–Crippen LogP) is 3.97. The minimum atomic E-state index is -0.170. The summed E-state index contributed by atoms with van der Waals surface area (Å²) in [5.41, 5.74) is 2.31. The van der Waals surface area contributed by atoms with Gasteiger partial charge < -0.3 is 5.32 Å². The maximum atomic E-state index is 13.2. The number of hydrogen-bond donors (Lipinski definition) is 1. The van der Waals surface area contributed by atoms with Gasteiger partial charge in [-0.2, -0.15) is 0 Å². The summed E-state index contributed by atoms with van der Waals surface area (Å²) < 4.78 is 13.2. The highest BCUT2D eigenvalue weighted by Gasteiger charge is 2.22. The van der Waals surface area contributed by atoms with E-state index in [2.05, 4.69) is 34.3 Å². The van der Waals surface area contributed by atoms with Gasteiger partial charge in [0.2, 0.25) is 0 Å². The van der Waals surface area contributed by atoms with Crippen LogP contribution in [0.4, 0.5) is 4.39 Å². The Kier molecular flexibility index (Phi) is 6.54. The number of hydrogen-bond acceptors (Lipinski definition) is 3. The van der Waals surface area contributed by atoms with Crippen LogP contribution in [0.1, 0.15) is 43.4 Å². The fourth-order valence-corrected chi connectivity index (χ4v) is 3.66. The molecule has 3 nitrogen and oxygen atoms in total. The quantitative estimate of drug-likeness (QED) is 0.862. The summed E-state index contributed by atoms with van der Waals surface area (Å²) in [5, 5.41) is 3.50. The Bertz CT molecular complexity index is 621. The summed E-state index contributed by atoms with van der Waals surface area (Å²) in [6, 6.07) is 13.6. The predicted molar refractivity (Wildman–Crippen MR) is 100.0 cm³/mol. The van der Waals surface area contributed by atoms with E-state index in [0.29, 0.717) is 12.0 Å². The molecule has 25 heavy (non-hydrogen) atoms. The van der Waals surface area contributed by atoms with Gasteiger partial charge in [0.05, 0.1) is 5.69 Å². The van der Waals surface area contributed by atoms with Gasteiger partial charge in [0, 0.05) is 25.3 Å². The van der Waals surface area contributed by atoms with Gasteiger partial charge in [-0.1, -0.05) is 25.1 Å². The lowest BCUT2D eigenvalue weighted by atomic mass is 9.98. The fraction of sp³-hybridized carbons (Fsp3) is 0.476. The van der Waals surface area contributed by atoms with E-state index >= 15 is 0 Å². The smallest absolute Gasteiger partial charge is 0.123 e. The van der Waals surface area contributed by atoms with Crippen LogP contribution in [0.15, 0.2) is 48.7 Å². The van der Waals surface area contributed by atoms with Crippen molar-refractivity contribution in [2.24, 2.45) is 0 Å². The molecule has 1 aromatic carbocycles. The first kappa shape index (κ1) is 18.0. The van der Waals surface area contributed by atoms with Crippen LogP contribution in [-0.4, -0.2) is 35.6 Å². The van der Waals surface area contributed by atoms with Crippen LogP contribution < -0.4 is 5.32 Å². The first-order chi connectivity index (χ1) is 12.2. The first-order valence-corrected chi connectivity index (χ1v) is 9.32. The molecule has 2 heterocycles. The number of pyridine rings is 1. The zero-order valence-electron chi connectivity index (χ0n) is 15.0. The zero-order chi connectivity index (χ0) is 17.5. The molecule has 1 N–H and O–H groups in total. The number of halogens is 1. The molecular weight excluding hydrogens is 313 g/mol. The Morgan fingerprint density at radius 2 is 2.00 bits per heavy atom. The van der Waals surface area contributed by atoms with Crippen molar-refractivity contribution in [3.8, 4) is 0 Å². The Hall–Kier alpha value is -1.78. The maximum Gasteiger partial charge on any atom is 0.123 e. The van der Waals surface area contributed by atoms with Gasteiger partial charge >= 0.3 is 0 Å². The molecule has 1 saturated heterocycles. The molecule has 0 aliphatic carbocycles. The van der Waals surface area contributed by atoms with E-state index in [1.165, 1.54) is 24.8 Å². The number of benzene rings is 1. The number of rotatable bonds is 6. The molecule has 4 heteroatoms. The van der Waals surface area contributed by atoms with E-state index in [4.69, 9.17) is 0 Å². The summed E-state index contributed by atoms with van der Waals surface area (Å²) in [7, 11) is 0. The molecule has 1 aliphatic rings. The summed E-state index contributed by atoms with van der Waals surface area (Å²) in [6.45, 7) is 6.26. The highest BCUT2D eigenvalue weighted by Crippen LogP contribution is 2.23. The van der Waals surface area contributed by atoms with Gasteiger partial charge in [-0.3, -0.25) is 9.88 Å². The second-order valence-electron chi connectivity index (χ2n) is 7.04. The molecule has 1 fully saturated rings. The third-order valence-corrected chi connectivity index (χ3v) is 5.10. The minimum Gasteiger partial charge on any atom is -0.317 e. The largest absolute Gasteiger partial charge is 0.317 e. The third kappa shape index (κ3) is 5.35. The summed E-state index contributed by atoms with van der Waals surface area (Å²) >= 11 is 0. The van der Waals surface area contributed by atoms with Crippen molar-refractivity contribution in [1.29, 1.82) is 0 Å². The van der Waals surface area contributed by atoms with Gasteiger partial charge in [-0.05, 0) is 68.1 Å². The van der Waals surface area contributed by atoms with Crippen molar-refractivity contribution < 1.29 is 4.39 Å². The second-order valence-corrected chi connectivity index (χ2v) is 7.04. The molecule has 0 bridgehead atoms. The summed E-state index contributed by atoms with van der Waals surface area (Å²) in [5.74, 6) is 0.191. The first-order valence-electron chi connectivity index (χ1n) is 9.32. The molecular formula is C21H28FN3. The topological polar surface area (TPSA) is 28.2 Å². The molecule has 1 aliphatic heterocycles. The minimum absolute atomic E-state index is 0.170. The lowest BCUT2D eigenvalue weighted by Gasteiger charge is -2.33. The van der Waals surface area contributed by atoms with Gasteiger partial charge in [-0.15, -0.1) is 0 Å². The van der Waals surface area contributed by atoms with Gasteiger partial charge in [0.25, 0.3) is 0 Å². The Morgan fingerprint density at radius 1 is 1.16 bits per heavy atom. The zero-order valence-corrected chi connectivity index (χ0v) is 15.0. The van der Waals surface area contributed by atoms with Gasteiger partial charge in [0.1, 0.15) is 5.82 Å². The SMILES string of the molecule is CC(CN(Cc1ccccn1)C1CCCNCC1)c1ccc(F)cc1. The van der Waals surface area contributed by atoms with E-state index in [0.717, 1.165) is 31.9 Å². The summed E-state index contributed by atoms with van der Waals surface area (Å²) in [6.07, 6.45) is 5.47. The van der Waals surface area contributed by atoms with Crippen LogP contribution in [0.3, 0.4) is 0 Å². The van der Waals surface area contributed by atoms with E-state index in [-0.39, 0.29) is 5.82 Å². The molecule has 1 aromatic heterocycles. The van der Waals surface area contributed by atoms with Crippen LogP contribution >= 0.6 is 0 Å². The van der Waals surface area contributed by atoms with Crippen LogP contribution in [0.2, 0.25) is 0 Å². The molecule has 3 rings (SSSR count). The van der Waals surface area contributed by atoms with E-state index in [1.54, 1.807) is 12.1 Å². The van der Waals surface area contributed by atoms with Crippen LogP contribution in [0.25, 0.3) is 0 Å². The van der Waals surface area contributed by atoms with Crippen LogP contribution in [0.5, 0.6) is 0 Å². The molecule has 0 spiro atoms. The Balaban J connectivity index is 1.73. The monoisotopic (exact) mass is 341 g/mol. The van der Waals surface area contributed by atoms with E-state index in [1.807, 2.05) is 24.4 Å². The van der Waals surface area contributed by atoms with Crippen molar-refractivity contribution in [1.82, 2.24) is 15.2 Å². The normalized spacial score (nSPS) is 19.6. The second kappa shape index (κ2) is 9.07. The Labute approximate surface area is 150 Å². The van der Waals surface area contributed by atoms with Crippen LogP contribution in [-0.2, 0) is 6.54 Å². The van der Waals surface area contributed by atoms with Crippen molar-refractivity contribution in [2.45, 2.75) is 44.7 Å². The van der Waals surface area contributed by atoms with Gasteiger partial charge in [0.15, 0.2) is 0 Å². The van der Waals surface area contributed by atoms with Crippen molar-refractivity contribution in [3.63, 3.8) is 0 Å². The van der Waals surface area contributed by atoms with E-state index in [9.17, 15) is 4.39 Å². The Morgan fingerprint density at radius 3 is 2.76 bits per heavy atom. The lowest BCUT2D eigenvalue weighted by Crippen LogP contribution is -2.38. The highest BCUT2D eigenvalue weighted by molar-refractivity contribution is 5.20. The molecule has 0 saturated carbocycles. The fourth-order valence-electron chi connectivity index (χ4n) is 3.66. The standard InChI is InChI=1S/C21H28FN3/c1-17(18-7-9-19(22)10-8-18)15-25(16-20-5-2-3-13-24-20)21-6-4-12-23-14-11-21/h2-3,5,7-10,13,17,21,23H,4,6,11-12,14-16H2,1H3. The van der Waals surface area contributed by atoms with Crippen LogP contribution in [0, 0.1) is 5.82 Å². The highest BCUT2D eigenvalue weighted by atomic mass is 19.1. The molecule has 0 radical (unpaired) electrons. The number of nitrogens with one attached hydrogen (secondary N) is 1. The van der Waals surface area contributed by atoms with Crippen molar-refractivity contribution in [2.75, 3.05) is 19.6 Å². The number of nitrogens with zero attached hydrogens (tertiary/aromatic N) is 2. The third-order valence-electron chi connectivity index (χ3n) is 5.10. The molecule has 2 unspecified atom stereocenters. The average molecular weight is 341 g/mol. The number of aromatic nitrogens is 1. The molecule has 0 amide bonds.